The van der Waals surface area contributed by atoms with E-state index in [-0.39, 0.29) is 12.1 Å². The van der Waals surface area contributed by atoms with Gasteiger partial charge in [0.1, 0.15) is 0 Å². The van der Waals surface area contributed by atoms with Crippen LogP contribution in [0.4, 0.5) is 0 Å². The molecular weight excluding hydrogens is 376 g/mol. The van der Waals surface area contributed by atoms with Crippen molar-refractivity contribution in [3.63, 3.8) is 0 Å². The molecule has 2 fully saturated rings. The number of thiophene rings is 1. The number of ether oxygens (including phenoxy) is 1. The number of nitrogens with one attached hydrogen (secondary N) is 1. The Morgan fingerprint density at radius 3 is 2.78 bits per heavy atom. The van der Waals surface area contributed by atoms with Gasteiger partial charge in [0.15, 0.2) is 5.11 Å². The van der Waals surface area contributed by atoms with Crippen LogP contribution in [-0.4, -0.2) is 59.3 Å². The lowest BCUT2D eigenvalue weighted by Gasteiger charge is -2.30. The third-order valence-electron chi connectivity index (χ3n) is 5.23. The van der Waals surface area contributed by atoms with Crippen LogP contribution in [0.5, 0.6) is 0 Å². The third kappa shape index (κ3) is 4.32. The van der Waals surface area contributed by atoms with Gasteiger partial charge in [0.05, 0.1) is 31.0 Å². The SMILES string of the molecule is Cc1ccc(C2C(c3ccccn3)NC(=S)N2CCCN2CCOCC2)s1. The maximum absolute atomic E-state index is 5.73. The molecule has 5 nitrogen and oxygen atoms in total. The fraction of sp³-hybridized carbons (Fsp3) is 0.500. The summed E-state index contributed by atoms with van der Waals surface area (Å²) in [5.74, 6) is 0. The molecule has 2 aliphatic heterocycles. The van der Waals surface area contributed by atoms with E-state index in [1.54, 1.807) is 0 Å². The molecule has 0 radical (unpaired) electrons. The van der Waals surface area contributed by atoms with Crippen LogP contribution in [0.25, 0.3) is 0 Å². The average molecular weight is 403 g/mol. The average Bonchev–Trinajstić information content (AvgIpc) is 3.27. The van der Waals surface area contributed by atoms with Crippen molar-refractivity contribution in [1.29, 1.82) is 0 Å². The highest BCUT2D eigenvalue weighted by atomic mass is 32.1. The molecular formula is C20H26N4OS2. The normalized spacial score (nSPS) is 23.6. The number of pyridine rings is 1. The molecule has 2 aromatic rings. The van der Waals surface area contributed by atoms with E-state index < -0.39 is 0 Å². The van der Waals surface area contributed by atoms with Crippen LogP contribution in [-0.2, 0) is 4.74 Å². The molecule has 0 spiro atoms. The van der Waals surface area contributed by atoms with E-state index in [9.17, 15) is 0 Å². The highest BCUT2D eigenvalue weighted by molar-refractivity contribution is 7.80. The Hall–Kier alpha value is -1.54. The van der Waals surface area contributed by atoms with Crippen LogP contribution in [0, 0.1) is 6.92 Å². The number of morpholine rings is 1. The number of aromatic nitrogens is 1. The van der Waals surface area contributed by atoms with Crippen molar-refractivity contribution in [2.24, 2.45) is 0 Å². The number of aryl methyl sites for hydroxylation is 1. The van der Waals surface area contributed by atoms with Gasteiger partial charge in [-0.2, -0.15) is 0 Å². The lowest BCUT2D eigenvalue weighted by Crippen LogP contribution is -2.38. The van der Waals surface area contributed by atoms with Crippen molar-refractivity contribution < 1.29 is 4.74 Å². The minimum Gasteiger partial charge on any atom is -0.379 e. The zero-order chi connectivity index (χ0) is 18.6. The fourth-order valence-corrected chi connectivity index (χ4v) is 5.22. The van der Waals surface area contributed by atoms with Crippen LogP contribution < -0.4 is 5.32 Å². The topological polar surface area (TPSA) is 40.6 Å². The van der Waals surface area contributed by atoms with Gasteiger partial charge in [-0.25, -0.2) is 0 Å². The van der Waals surface area contributed by atoms with Crippen LogP contribution in [0.2, 0.25) is 0 Å². The van der Waals surface area contributed by atoms with Gasteiger partial charge in [-0.3, -0.25) is 9.88 Å². The summed E-state index contributed by atoms with van der Waals surface area (Å²) in [5.41, 5.74) is 1.05. The van der Waals surface area contributed by atoms with Gasteiger partial charge in [0.2, 0.25) is 0 Å². The number of hydrogen-bond acceptors (Lipinski definition) is 5. The monoisotopic (exact) mass is 402 g/mol. The molecule has 144 valence electrons. The van der Waals surface area contributed by atoms with Crippen LogP contribution >= 0.6 is 23.6 Å². The van der Waals surface area contributed by atoms with Crippen molar-refractivity contribution in [3.05, 3.63) is 52.0 Å². The largest absolute Gasteiger partial charge is 0.379 e. The van der Waals surface area contributed by atoms with E-state index in [4.69, 9.17) is 17.0 Å². The summed E-state index contributed by atoms with van der Waals surface area (Å²) in [4.78, 5) is 12.1. The molecule has 0 saturated carbocycles. The Balaban J connectivity index is 1.50. The van der Waals surface area contributed by atoms with E-state index in [1.807, 2.05) is 29.7 Å². The first-order chi connectivity index (χ1) is 13.2. The van der Waals surface area contributed by atoms with Crippen molar-refractivity contribution in [2.75, 3.05) is 39.4 Å². The van der Waals surface area contributed by atoms with E-state index in [2.05, 4.69) is 45.2 Å². The maximum Gasteiger partial charge on any atom is 0.170 e. The second-order valence-electron chi connectivity index (χ2n) is 7.08. The quantitative estimate of drug-likeness (QED) is 0.749. The van der Waals surface area contributed by atoms with Crippen molar-refractivity contribution in [1.82, 2.24) is 20.1 Å². The molecule has 2 unspecified atom stereocenters. The van der Waals surface area contributed by atoms with E-state index in [0.717, 1.165) is 56.6 Å². The highest BCUT2D eigenvalue weighted by Crippen LogP contribution is 2.41. The first kappa shape index (κ1) is 18.8. The lowest BCUT2D eigenvalue weighted by molar-refractivity contribution is 0.0366. The van der Waals surface area contributed by atoms with Gasteiger partial charge in [0, 0.05) is 42.1 Å². The molecule has 4 heterocycles. The Kier molecular flexibility index (Phi) is 6.02. The summed E-state index contributed by atoms with van der Waals surface area (Å²) < 4.78 is 5.45. The predicted molar refractivity (Wildman–Crippen MR) is 113 cm³/mol. The molecule has 0 bridgehead atoms. The molecule has 7 heteroatoms. The van der Waals surface area contributed by atoms with Crippen molar-refractivity contribution >= 4 is 28.7 Å². The fourth-order valence-electron chi connectivity index (χ4n) is 3.86. The standard InChI is InChI=1S/C20H26N4OS2/c1-15-6-7-17(27-15)19-18(16-5-2-3-8-21-16)22-20(26)24(19)10-4-9-23-11-13-25-14-12-23/h2-3,5-8,18-19H,4,9-14H2,1H3,(H,22,26). The Morgan fingerprint density at radius 1 is 1.22 bits per heavy atom. The summed E-state index contributed by atoms with van der Waals surface area (Å²) in [6, 6.07) is 10.8. The molecule has 2 atom stereocenters. The summed E-state index contributed by atoms with van der Waals surface area (Å²) in [6.07, 6.45) is 2.95. The number of rotatable bonds is 6. The van der Waals surface area contributed by atoms with Gasteiger partial charge >= 0.3 is 0 Å². The molecule has 27 heavy (non-hydrogen) atoms. The molecule has 0 aliphatic carbocycles. The third-order valence-corrected chi connectivity index (χ3v) is 6.65. The Bertz CT molecular complexity index is 760. The van der Waals surface area contributed by atoms with Gasteiger partial charge < -0.3 is 15.0 Å². The highest BCUT2D eigenvalue weighted by Gasteiger charge is 2.40. The second-order valence-corrected chi connectivity index (χ2v) is 8.78. The Morgan fingerprint density at radius 2 is 2.07 bits per heavy atom. The van der Waals surface area contributed by atoms with Gasteiger partial charge in [-0.15, -0.1) is 11.3 Å². The second kappa shape index (κ2) is 8.65. The summed E-state index contributed by atoms with van der Waals surface area (Å²) in [6.45, 7) is 7.97. The van der Waals surface area contributed by atoms with Crippen LogP contribution in [0.1, 0.15) is 34.0 Å². The molecule has 0 amide bonds. The summed E-state index contributed by atoms with van der Waals surface area (Å²) >= 11 is 7.58. The molecule has 0 aromatic carbocycles. The molecule has 2 aliphatic rings. The Labute approximate surface area is 170 Å². The van der Waals surface area contributed by atoms with Crippen LogP contribution in [0.3, 0.4) is 0 Å². The van der Waals surface area contributed by atoms with Gasteiger partial charge in [0.25, 0.3) is 0 Å². The predicted octanol–water partition coefficient (Wildman–Crippen LogP) is 3.15. The minimum atomic E-state index is 0.0973. The zero-order valence-corrected chi connectivity index (χ0v) is 17.3. The first-order valence-electron chi connectivity index (χ1n) is 9.57. The van der Waals surface area contributed by atoms with Crippen molar-refractivity contribution in [2.45, 2.75) is 25.4 Å². The summed E-state index contributed by atoms with van der Waals surface area (Å²) in [5, 5.41) is 4.37. The lowest BCUT2D eigenvalue weighted by atomic mass is 10.0. The number of nitrogens with zero attached hydrogens (tertiary/aromatic N) is 3. The van der Waals surface area contributed by atoms with E-state index >= 15 is 0 Å². The van der Waals surface area contributed by atoms with Crippen molar-refractivity contribution in [3.8, 4) is 0 Å². The number of hydrogen-bond donors (Lipinski definition) is 1. The molecule has 4 rings (SSSR count). The first-order valence-corrected chi connectivity index (χ1v) is 10.8. The number of thiocarbonyl (C=S) groups is 1. The minimum absolute atomic E-state index is 0.0973. The van der Waals surface area contributed by atoms with E-state index in [0.29, 0.717) is 0 Å². The maximum atomic E-state index is 5.73. The molecule has 2 saturated heterocycles. The zero-order valence-electron chi connectivity index (χ0n) is 15.6. The summed E-state index contributed by atoms with van der Waals surface area (Å²) in [7, 11) is 0. The van der Waals surface area contributed by atoms with Crippen LogP contribution in [0.15, 0.2) is 36.5 Å². The van der Waals surface area contributed by atoms with Gasteiger partial charge in [-0.05, 0) is 49.8 Å². The van der Waals surface area contributed by atoms with E-state index in [1.165, 1.54) is 9.75 Å². The van der Waals surface area contributed by atoms with Gasteiger partial charge in [-0.1, -0.05) is 6.07 Å². The molecule has 1 N–H and O–H groups in total. The molecule has 2 aromatic heterocycles. The smallest absolute Gasteiger partial charge is 0.170 e.